The van der Waals surface area contributed by atoms with Crippen LogP contribution in [-0.2, 0) is 0 Å². The zero-order valence-corrected chi connectivity index (χ0v) is 10.5. The molecular weight excluding hydrogens is 229 g/mol. The molecule has 0 bridgehead atoms. The molecule has 0 radical (unpaired) electrons. The number of nitrogens with zero attached hydrogens (tertiary/aromatic N) is 1. The molecule has 2 nitrogen and oxygen atoms in total. The summed E-state index contributed by atoms with van der Waals surface area (Å²) in [7, 11) is 0. The quantitative estimate of drug-likeness (QED) is 0.787. The zero-order valence-electron chi connectivity index (χ0n) is 10.5. The number of rotatable bonds is 6. The van der Waals surface area contributed by atoms with E-state index in [-0.39, 0.29) is 6.04 Å². The monoisotopic (exact) mass is 252 g/mol. The van der Waals surface area contributed by atoms with Gasteiger partial charge in [0.1, 0.15) is 0 Å². The highest BCUT2D eigenvalue weighted by Crippen LogP contribution is 2.27. The van der Waals surface area contributed by atoms with Crippen molar-refractivity contribution in [2.45, 2.75) is 51.2 Å². The molecule has 0 saturated heterocycles. The molecule has 5 heteroatoms. The average Bonchev–Trinajstić information content (AvgIpc) is 2.59. The Morgan fingerprint density at radius 2 is 1.94 bits per heavy atom. The summed E-state index contributed by atoms with van der Waals surface area (Å²) >= 11 is 0. The van der Waals surface area contributed by atoms with Crippen molar-refractivity contribution in [1.82, 2.24) is 4.90 Å². The Balaban J connectivity index is 2.33. The molecule has 2 N–H and O–H groups in total. The van der Waals surface area contributed by atoms with Crippen LogP contribution in [0.15, 0.2) is 0 Å². The molecule has 1 fully saturated rings. The molecule has 1 aliphatic rings. The lowest BCUT2D eigenvalue weighted by molar-refractivity contribution is -0.146. The largest absolute Gasteiger partial charge is 0.401 e. The molecule has 1 saturated carbocycles. The number of hydrogen-bond donors (Lipinski definition) is 1. The molecule has 102 valence electrons. The van der Waals surface area contributed by atoms with E-state index in [0.717, 1.165) is 32.1 Å². The highest BCUT2D eigenvalue weighted by Gasteiger charge is 2.31. The lowest BCUT2D eigenvalue weighted by atomic mass is 10.00. The first-order valence-electron chi connectivity index (χ1n) is 6.47. The van der Waals surface area contributed by atoms with Gasteiger partial charge in [-0.2, -0.15) is 13.2 Å². The third-order valence-electron chi connectivity index (χ3n) is 3.48. The van der Waals surface area contributed by atoms with Gasteiger partial charge in [0.15, 0.2) is 0 Å². The van der Waals surface area contributed by atoms with Gasteiger partial charge in [0, 0.05) is 6.04 Å². The van der Waals surface area contributed by atoms with Crippen LogP contribution in [-0.4, -0.2) is 36.8 Å². The fourth-order valence-electron chi connectivity index (χ4n) is 2.61. The van der Waals surface area contributed by atoms with Crippen LogP contribution in [0.2, 0.25) is 0 Å². The van der Waals surface area contributed by atoms with Gasteiger partial charge in [-0.15, -0.1) is 0 Å². The molecular formula is C12H23F3N2. The van der Waals surface area contributed by atoms with Crippen LogP contribution in [0.3, 0.4) is 0 Å². The minimum Gasteiger partial charge on any atom is -0.327 e. The van der Waals surface area contributed by atoms with E-state index in [1.54, 1.807) is 0 Å². The second-order valence-electron chi connectivity index (χ2n) is 5.03. The first-order chi connectivity index (χ1) is 7.92. The molecule has 0 spiro atoms. The van der Waals surface area contributed by atoms with Gasteiger partial charge in [-0.3, -0.25) is 4.90 Å². The van der Waals surface area contributed by atoms with E-state index in [2.05, 4.69) is 0 Å². The smallest absolute Gasteiger partial charge is 0.327 e. The molecule has 1 rings (SSSR count). The topological polar surface area (TPSA) is 29.3 Å². The van der Waals surface area contributed by atoms with Crippen molar-refractivity contribution in [2.24, 2.45) is 11.7 Å². The molecule has 0 aliphatic heterocycles. The van der Waals surface area contributed by atoms with Crippen molar-refractivity contribution in [3.63, 3.8) is 0 Å². The number of nitrogens with two attached hydrogens (primary N) is 1. The summed E-state index contributed by atoms with van der Waals surface area (Å²) in [4.78, 5) is 1.50. The van der Waals surface area contributed by atoms with Crippen LogP contribution in [0.4, 0.5) is 13.2 Å². The summed E-state index contributed by atoms with van der Waals surface area (Å²) < 4.78 is 37.0. The Kier molecular flexibility index (Phi) is 5.73. The highest BCUT2D eigenvalue weighted by molar-refractivity contribution is 4.81. The third kappa shape index (κ3) is 5.73. The van der Waals surface area contributed by atoms with E-state index in [1.807, 2.05) is 6.92 Å². The predicted molar refractivity (Wildman–Crippen MR) is 62.7 cm³/mol. The van der Waals surface area contributed by atoms with E-state index in [4.69, 9.17) is 5.73 Å². The predicted octanol–water partition coefficient (Wildman–Crippen LogP) is 2.78. The Labute approximate surface area is 101 Å². The van der Waals surface area contributed by atoms with Gasteiger partial charge in [0.2, 0.25) is 0 Å². The van der Waals surface area contributed by atoms with E-state index in [1.165, 1.54) is 4.90 Å². The SMILES string of the molecule is CCCN(CCC1CCCC1N)CC(F)(F)F. The van der Waals surface area contributed by atoms with Crippen molar-refractivity contribution in [3.8, 4) is 0 Å². The molecule has 2 unspecified atom stereocenters. The van der Waals surface area contributed by atoms with Crippen molar-refractivity contribution < 1.29 is 13.2 Å². The molecule has 0 heterocycles. The number of alkyl halides is 3. The Bertz CT molecular complexity index is 218. The number of hydrogen-bond acceptors (Lipinski definition) is 2. The summed E-state index contributed by atoms with van der Waals surface area (Å²) in [6, 6.07) is 0.198. The molecule has 2 atom stereocenters. The fourth-order valence-corrected chi connectivity index (χ4v) is 2.61. The summed E-state index contributed by atoms with van der Waals surface area (Å²) in [5, 5.41) is 0. The summed E-state index contributed by atoms with van der Waals surface area (Å²) in [5.41, 5.74) is 5.93. The first-order valence-corrected chi connectivity index (χ1v) is 6.47. The third-order valence-corrected chi connectivity index (χ3v) is 3.48. The standard InChI is InChI=1S/C12H23F3N2/c1-2-7-17(9-12(13,14)15)8-6-10-4-3-5-11(10)16/h10-11H,2-9,16H2,1H3. The van der Waals surface area contributed by atoms with Gasteiger partial charge >= 0.3 is 6.18 Å². The van der Waals surface area contributed by atoms with Crippen molar-refractivity contribution in [2.75, 3.05) is 19.6 Å². The Hall–Kier alpha value is -0.290. The van der Waals surface area contributed by atoms with Gasteiger partial charge in [0.05, 0.1) is 6.54 Å². The number of halogens is 3. The summed E-state index contributed by atoms with van der Waals surface area (Å²) in [6.45, 7) is 2.15. The van der Waals surface area contributed by atoms with Gasteiger partial charge in [-0.25, -0.2) is 0 Å². The van der Waals surface area contributed by atoms with Gasteiger partial charge < -0.3 is 5.73 Å². The van der Waals surface area contributed by atoms with Crippen LogP contribution in [0.5, 0.6) is 0 Å². The van der Waals surface area contributed by atoms with Crippen molar-refractivity contribution in [1.29, 1.82) is 0 Å². The van der Waals surface area contributed by atoms with Crippen molar-refractivity contribution in [3.05, 3.63) is 0 Å². The average molecular weight is 252 g/mol. The second kappa shape index (κ2) is 6.59. The maximum absolute atomic E-state index is 12.3. The van der Waals surface area contributed by atoms with Gasteiger partial charge in [-0.1, -0.05) is 13.3 Å². The van der Waals surface area contributed by atoms with E-state index >= 15 is 0 Å². The lowest BCUT2D eigenvalue weighted by Crippen LogP contribution is -2.37. The minimum atomic E-state index is -4.09. The second-order valence-corrected chi connectivity index (χ2v) is 5.03. The lowest BCUT2D eigenvalue weighted by Gasteiger charge is -2.25. The Morgan fingerprint density at radius 3 is 2.41 bits per heavy atom. The fraction of sp³-hybridized carbons (Fsp3) is 1.00. The normalized spacial score (nSPS) is 25.8. The van der Waals surface area contributed by atoms with Gasteiger partial charge in [-0.05, 0) is 44.7 Å². The molecule has 0 amide bonds. The maximum Gasteiger partial charge on any atom is 0.401 e. The van der Waals surface area contributed by atoms with Crippen LogP contribution in [0, 0.1) is 5.92 Å². The minimum absolute atomic E-state index is 0.198. The van der Waals surface area contributed by atoms with E-state index < -0.39 is 12.7 Å². The summed E-state index contributed by atoms with van der Waals surface area (Å²) in [5.74, 6) is 0.419. The molecule has 17 heavy (non-hydrogen) atoms. The maximum atomic E-state index is 12.3. The highest BCUT2D eigenvalue weighted by atomic mass is 19.4. The molecule has 1 aliphatic carbocycles. The first kappa shape index (κ1) is 14.8. The zero-order chi connectivity index (χ0) is 12.9. The van der Waals surface area contributed by atoms with Crippen LogP contribution in [0.25, 0.3) is 0 Å². The van der Waals surface area contributed by atoms with Gasteiger partial charge in [0.25, 0.3) is 0 Å². The summed E-state index contributed by atoms with van der Waals surface area (Å²) in [6.07, 6.45) is 0.695. The molecule has 0 aromatic rings. The van der Waals surface area contributed by atoms with Crippen LogP contribution >= 0.6 is 0 Å². The van der Waals surface area contributed by atoms with Crippen molar-refractivity contribution >= 4 is 0 Å². The van der Waals surface area contributed by atoms with E-state index in [0.29, 0.717) is 19.0 Å². The van der Waals surface area contributed by atoms with Crippen LogP contribution < -0.4 is 5.73 Å². The Morgan fingerprint density at radius 1 is 1.24 bits per heavy atom. The molecule has 0 aromatic heterocycles. The van der Waals surface area contributed by atoms with E-state index in [9.17, 15) is 13.2 Å². The molecule has 0 aromatic carbocycles. The van der Waals surface area contributed by atoms with Crippen LogP contribution in [0.1, 0.15) is 39.0 Å².